The average Bonchev–Trinajstić information content (AvgIpc) is 3.41. The first-order chi connectivity index (χ1) is 16.4. The summed E-state index contributed by atoms with van der Waals surface area (Å²) >= 11 is 0. The Morgan fingerprint density at radius 3 is 2.82 bits per heavy atom. The lowest BCUT2D eigenvalue weighted by Gasteiger charge is -2.33. The van der Waals surface area contributed by atoms with Gasteiger partial charge < -0.3 is 10.2 Å². The topological polar surface area (TPSA) is 84.1 Å². The summed E-state index contributed by atoms with van der Waals surface area (Å²) in [7, 11) is 1.85. The lowest BCUT2D eigenvalue weighted by atomic mass is 9.86. The quantitative estimate of drug-likeness (QED) is 0.593. The zero-order valence-electron chi connectivity index (χ0n) is 19.3. The molecule has 176 valence electrons. The molecule has 3 aromatic rings. The fourth-order valence-corrected chi connectivity index (χ4v) is 4.42. The second kappa shape index (κ2) is 8.92. The number of alkyl halides is 2. The maximum absolute atomic E-state index is 13.1. The van der Waals surface area contributed by atoms with Crippen LogP contribution in [0.4, 0.5) is 20.5 Å². The first-order valence-corrected chi connectivity index (χ1v) is 11.2. The predicted octanol–water partition coefficient (Wildman–Crippen LogP) is 4.05. The van der Waals surface area contributed by atoms with Crippen LogP contribution in [0.3, 0.4) is 0 Å². The summed E-state index contributed by atoms with van der Waals surface area (Å²) in [5.74, 6) is 2.70. The van der Waals surface area contributed by atoms with Gasteiger partial charge in [-0.05, 0) is 49.0 Å². The SMILES string of the molecule is Cc1cnc(Nc2ccnn2C)nc1C1=NC2=CC(Cc3cc(C(F)F)ccn3)[C@H](C)CN2C1. The van der Waals surface area contributed by atoms with Crippen LogP contribution >= 0.6 is 0 Å². The molecule has 10 heteroatoms. The third-order valence-electron chi connectivity index (χ3n) is 6.36. The Balaban J connectivity index is 1.38. The van der Waals surface area contributed by atoms with E-state index in [9.17, 15) is 8.78 Å². The van der Waals surface area contributed by atoms with Crippen LogP contribution in [0.15, 0.2) is 53.7 Å². The number of rotatable bonds is 6. The molecule has 0 saturated heterocycles. The van der Waals surface area contributed by atoms with Crippen molar-refractivity contribution in [3.05, 3.63) is 71.2 Å². The van der Waals surface area contributed by atoms with Crippen LogP contribution in [0, 0.1) is 18.8 Å². The molecule has 0 bridgehead atoms. The molecule has 0 radical (unpaired) electrons. The van der Waals surface area contributed by atoms with Gasteiger partial charge >= 0.3 is 0 Å². The molecule has 0 saturated carbocycles. The largest absolute Gasteiger partial charge is 0.351 e. The van der Waals surface area contributed by atoms with Gasteiger partial charge in [0.2, 0.25) is 5.95 Å². The van der Waals surface area contributed by atoms with E-state index in [4.69, 9.17) is 9.98 Å². The standard InChI is InChI=1S/C24H26F2N8/c1-14-11-28-24(31-20-5-7-29-33(20)3)32-22(14)19-13-34-12-15(2)17(10-21(34)30-19)9-18-8-16(23(25)26)4-6-27-18/h4-8,10-11,15,17,23H,9,12-13H2,1-3H3,(H,28,31,32)/t15-,17?/m1/s1. The number of hydrogen-bond acceptors (Lipinski definition) is 7. The summed E-state index contributed by atoms with van der Waals surface area (Å²) in [5.41, 5.74) is 3.35. The Kier molecular flexibility index (Phi) is 5.80. The molecule has 0 aliphatic carbocycles. The molecule has 34 heavy (non-hydrogen) atoms. The van der Waals surface area contributed by atoms with Crippen molar-refractivity contribution in [3.8, 4) is 0 Å². The minimum Gasteiger partial charge on any atom is -0.351 e. The van der Waals surface area contributed by atoms with Crippen molar-refractivity contribution in [2.45, 2.75) is 26.7 Å². The number of aryl methyl sites for hydroxylation is 2. The van der Waals surface area contributed by atoms with E-state index in [1.165, 1.54) is 18.3 Å². The first-order valence-electron chi connectivity index (χ1n) is 11.2. The minimum atomic E-state index is -2.49. The molecule has 2 aliphatic heterocycles. The monoisotopic (exact) mass is 464 g/mol. The lowest BCUT2D eigenvalue weighted by molar-refractivity contribution is 0.151. The van der Waals surface area contributed by atoms with Crippen LogP contribution in [0.25, 0.3) is 0 Å². The molecule has 5 rings (SSSR count). The summed E-state index contributed by atoms with van der Waals surface area (Å²) in [6.07, 6.45) is 5.22. The van der Waals surface area contributed by atoms with Crippen LogP contribution in [-0.4, -0.2) is 48.4 Å². The Bertz CT molecular complexity index is 1270. The first kappa shape index (κ1) is 22.1. The van der Waals surface area contributed by atoms with E-state index in [0.29, 0.717) is 30.5 Å². The maximum atomic E-state index is 13.1. The van der Waals surface area contributed by atoms with Gasteiger partial charge in [0.25, 0.3) is 6.43 Å². The molecule has 8 nitrogen and oxygen atoms in total. The van der Waals surface area contributed by atoms with Crippen molar-refractivity contribution >= 4 is 17.5 Å². The Morgan fingerprint density at radius 2 is 2.06 bits per heavy atom. The van der Waals surface area contributed by atoms with E-state index in [2.05, 4.69) is 38.3 Å². The minimum absolute atomic E-state index is 0.0127. The van der Waals surface area contributed by atoms with Gasteiger partial charge in [0.1, 0.15) is 11.6 Å². The Hall–Kier alpha value is -3.69. The van der Waals surface area contributed by atoms with Crippen LogP contribution in [0.2, 0.25) is 0 Å². The van der Waals surface area contributed by atoms with Crippen LogP contribution in [0.1, 0.15) is 35.9 Å². The molecular weight excluding hydrogens is 438 g/mol. The number of anilines is 2. The zero-order chi connectivity index (χ0) is 23.8. The second-order valence-electron chi connectivity index (χ2n) is 8.88. The molecule has 0 aromatic carbocycles. The number of nitrogens with zero attached hydrogens (tertiary/aromatic N) is 7. The average molecular weight is 465 g/mol. The Labute approximate surface area is 196 Å². The molecule has 2 aliphatic rings. The number of allylic oxidation sites excluding steroid dienone is 1. The van der Waals surface area contributed by atoms with Gasteiger partial charge in [0, 0.05) is 43.3 Å². The molecule has 3 aromatic heterocycles. The molecular formula is C24H26F2N8. The maximum Gasteiger partial charge on any atom is 0.263 e. The molecule has 5 heterocycles. The third kappa shape index (κ3) is 4.40. The van der Waals surface area contributed by atoms with Gasteiger partial charge in [-0.25, -0.2) is 23.7 Å². The number of nitrogens with one attached hydrogen (secondary N) is 1. The van der Waals surface area contributed by atoms with Crippen molar-refractivity contribution in [1.82, 2.24) is 29.6 Å². The number of fused-ring (bicyclic) bond motifs is 1. The van der Waals surface area contributed by atoms with E-state index < -0.39 is 6.43 Å². The van der Waals surface area contributed by atoms with Gasteiger partial charge in [-0.15, -0.1) is 0 Å². The van der Waals surface area contributed by atoms with Crippen molar-refractivity contribution in [1.29, 1.82) is 0 Å². The second-order valence-corrected chi connectivity index (χ2v) is 8.88. The van der Waals surface area contributed by atoms with Crippen LogP contribution < -0.4 is 5.32 Å². The number of pyridine rings is 1. The fourth-order valence-electron chi connectivity index (χ4n) is 4.42. The summed E-state index contributed by atoms with van der Waals surface area (Å²) in [4.78, 5) is 20.6. The number of hydrogen-bond donors (Lipinski definition) is 1. The predicted molar refractivity (Wildman–Crippen MR) is 125 cm³/mol. The Morgan fingerprint density at radius 1 is 1.21 bits per heavy atom. The normalized spacial score (nSPS) is 19.8. The third-order valence-corrected chi connectivity index (χ3v) is 6.36. The van der Waals surface area contributed by atoms with E-state index in [-0.39, 0.29) is 11.5 Å². The number of halogens is 2. The molecule has 0 fully saturated rings. The lowest BCUT2D eigenvalue weighted by Crippen LogP contribution is -2.35. The van der Waals surface area contributed by atoms with E-state index in [1.54, 1.807) is 17.1 Å². The van der Waals surface area contributed by atoms with Crippen molar-refractivity contribution in [2.24, 2.45) is 23.9 Å². The van der Waals surface area contributed by atoms with Crippen LogP contribution in [-0.2, 0) is 13.5 Å². The van der Waals surface area contributed by atoms with Crippen molar-refractivity contribution < 1.29 is 8.78 Å². The highest BCUT2D eigenvalue weighted by atomic mass is 19.3. The summed E-state index contributed by atoms with van der Waals surface area (Å²) in [6.45, 7) is 5.66. The highest BCUT2D eigenvalue weighted by Gasteiger charge is 2.32. The van der Waals surface area contributed by atoms with Crippen molar-refractivity contribution in [3.63, 3.8) is 0 Å². The highest BCUT2D eigenvalue weighted by Crippen LogP contribution is 2.32. The fraction of sp³-hybridized carbons (Fsp3) is 0.375. The summed E-state index contributed by atoms with van der Waals surface area (Å²) < 4.78 is 27.9. The summed E-state index contributed by atoms with van der Waals surface area (Å²) in [5, 5.41) is 7.35. The molecule has 2 atom stereocenters. The molecule has 0 spiro atoms. The molecule has 0 amide bonds. The van der Waals surface area contributed by atoms with Gasteiger partial charge in [0.15, 0.2) is 0 Å². The van der Waals surface area contributed by atoms with E-state index in [1.807, 2.05) is 20.0 Å². The van der Waals surface area contributed by atoms with E-state index >= 15 is 0 Å². The number of aromatic nitrogens is 5. The highest BCUT2D eigenvalue weighted by molar-refractivity contribution is 6.03. The number of aliphatic imine (C=N–C) groups is 1. The summed E-state index contributed by atoms with van der Waals surface area (Å²) in [6, 6.07) is 4.73. The van der Waals surface area contributed by atoms with Gasteiger partial charge in [-0.3, -0.25) is 9.67 Å². The van der Waals surface area contributed by atoms with Gasteiger partial charge in [-0.2, -0.15) is 5.10 Å². The van der Waals surface area contributed by atoms with Crippen LogP contribution in [0.5, 0.6) is 0 Å². The smallest absolute Gasteiger partial charge is 0.263 e. The molecule has 1 N–H and O–H groups in total. The van der Waals surface area contributed by atoms with Gasteiger partial charge in [-0.1, -0.05) is 6.92 Å². The van der Waals surface area contributed by atoms with Crippen molar-refractivity contribution in [2.75, 3.05) is 18.4 Å². The van der Waals surface area contributed by atoms with Gasteiger partial charge in [0.05, 0.1) is 24.1 Å². The molecule has 1 unspecified atom stereocenters. The van der Waals surface area contributed by atoms with E-state index in [0.717, 1.165) is 35.2 Å². The zero-order valence-corrected chi connectivity index (χ0v) is 19.3.